The molecule has 0 bridgehead atoms. The average Bonchev–Trinajstić information content (AvgIpc) is 2.48. The molecule has 0 spiro atoms. The van der Waals surface area contributed by atoms with Crippen molar-refractivity contribution in [3.63, 3.8) is 0 Å². The standard InChI is InChI=1S/C17H27NO2/c1-17(2,18-10-5-4-6-11-18)16(19)13-14-8-7-9-15(12-14)20-3/h7-9,12,16,19H,4-6,10-11,13H2,1-3H3. The fraction of sp³-hybridized carbons (Fsp3) is 0.647. The van der Waals surface area contributed by atoms with Crippen LogP contribution in [0.4, 0.5) is 0 Å². The molecular formula is C17H27NO2. The lowest BCUT2D eigenvalue weighted by Crippen LogP contribution is -2.54. The number of benzene rings is 1. The monoisotopic (exact) mass is 277 g/mol. The molecule has 1 unspecified atom stereocenters. The molecule has 1 fully saturated rings. The van der Waals surface area contributed by atoms with Crippen LogP contribution in [0.2, 0.25) is 0 Å². The molecular weight excluding hydrogens is 250 g/mol. The van der Waals surface area contributed by atoms with Gasteiger partial charge in [0.1, 0.15) is 5.75 Å². The molecule has 1 N–H and O–H groups in total. The third-order valence-corrected chi connectivity index (χ3v) is 4.55. The third-order valence-electron chi connectivity index (χ3n) is 4.55. The molecule has 1 atom stereocenters. The Kier molecular flexibility index (Phi) is 5.06. The second-order valence-electron chi connectivity index (χ2n) is 6.27. The Morgan fingerprint density at radius 2 is 1.95 bits per heavy atom. The van der Waals surface area contributed by atoms with Crippen LogP contribution in [0.15, 0.2) is 24.3 Å². The highest BCUT2D eigenvalue weighted by Crippen LogP contribution is 2.26. The minimum atomic E-state index is -0.368. The Hall–Kier alpha value is -1.06. The van der Waals surface area contributed by atoms with Crippen LogP contribution < -0.4 is 4.74 Å². The molecule has 112 valence electrons. The van der Waals surface area contributed by atoms with Crippen molar-refractivity contribution in [2.45, 2.75) is 51.2 Å². The largest absolute Gasteiger partial charge is 0.497 e. The Labute approximate surface area is 122 Å². The Bertz CT molecular complexity index is 425. The first-order chi connectivity index (χ1) is 9.54. The number of rotatable bonds is 5. The van der Waals surface area contributed by atoms with Crippen LogP contribution >= 0.6 is 0 Å². The Morgan fingerprint density at radius 3 is 2.60 bits per heavy atom. The van der Waals surface area contributed by atoms with E-state index in [-0.39, 0.29) is 11.6 Å². The van der Waals surface area contributed by atoms with Crippen LogP contribution in [0.5, 0.6) is 5.75 Å². The van der Waals surface area contributed by atoms with E-state index < -0.39 is 0 Å². The highest BCUT2D eigenvalue weighted by molar-refractivity contribution is 5.29. The van der Waals surface area contributed by atoms with Crippen molar-refractivity contribution in [3.05, 3.63) is 29.8 Å². The molecule has 2 rings (SSSR count). The lowest BCUT2D eigenvalue weighted by atomic mass is 9.88. The number of piperidine rings is 1. The van der Waals surface area contributed by atoms with Crippen LogP contribution in [0, 0.1) is 0 Å². The van der Waals surface area contributed by atoms with Crippen molar-refractivity contribution in [3.8, 4) is 5.75 Å². The van der Waals surface area contributed by atoms with Crippen molar-refractivity contribution in [2.24, 2.45) is 0 Å². The fourth-order valence-corrected chi connectivity index (χ4v) is 2.95. The van der Waals surface area contributed by atoms with Crippen molar-refractivity contribution < 1.29 is 9.84 Å². The summed E-state index contributed by atoms with van der Waals surface area (Å²) in [6, 6.07) is 7.98. The van der Waals surface area contributed by atoms with Crippen LogP contribution in [-0.2, 0) is 6.42 Å². The number of aliphatic hydroxyl groups excluding tert-OH is 1. The molecule has 0 amide bonds. The second-order valence-corrected chi connectivity index (χ2v) is 6.27. The average molecular weight is 277 g/mol. The Morgan fingerprint density at radius 1 is 1.25 bits per heavy atom. The molecule has 1 aromatic carbocycles. The summed E-state index contributed by atoms with van der Waals surface area (Å²) in [5, 5.41) is 10.7. The number of likely N-dealkylation sites (tertiary alicyclic amines) is 1. The molecule has 0 saturated carbocycles. The molecule has 3 heteroatoms. The molecule has 1 aliphatic heterocycles. The van der Waals surface area contributed by atoms with E-state index in [0.29, 0.717) is 6.42 Å². The molecule has 0 aliphatic carbocycles. The van der Waals surface area contributed by atoms with Gasteiger partial charge in [-0.15, -0.1) is 0 Å². The van der Waals surface area contributed by atoms with E-state index in [1.165, 1.54) is 19.3 Å². The maximum absolute atomic E-state index is 10.7. The SMILES string of the molecule is COc1cccc(CC(O)C(C)(C)N2CCCCC2)c1. The topological polar surface area (TPSA) is 32.7 Å². The van der Waals surface area contributed by atoms with Gasteiger partial charge in [0.15, 0.2) is 0 Å². The minimum Gasteiger partial charge on any atom is -0.497 e. The Balaban J connectivity index is 2.03. The lowest BCUT2D eigenvalue weighted by molar-refractivity contribution is -0.0187. The lowest BCUT2D eigenvalue weighted by Gasteiger charge is -2.44. The number of hydrogen-bond acceptors (Lipinski definition) is 3. The van der Waals surface area contributed by atoms with Gasteiger partial charge in [-0.1, -0.05) is 18.6 Å². The zero-order chi connectivity index (χ0) is 14.6. The van der Waals surface area contributed by atoms with E-state index in [9.17, 15) is 5.11 Å². The van der Waals surface area contributed by atoms with E-state index in [1.807, 2.05) is 18.2 Å². The quantitative estimate of drug-likeness (QED) is 0.898. The molecule has 20 heavy (non-hydrogen) atoms. The predicted molar refractivity (Wildman–Crippen MR) is 82.2 cm³/mol. The summed E-state index contributed by atoms with van der Waals surface area (Å²) in [6.07, 6.45) is 4.11. The third kappa shape index (κ3) is 3.53. The van der Waals surface area contributed by atoms with Crippen molar-refractivity contribution in [2.75, 3.05) is 20.2 Å². The van der Waals surface area contributed by atoms with Gasteiger partial charge >= 0.3 is 0 Å². The normalized spacial score (nSPS) is 18.8. The fourth-order valence-electron chi connectivity index (χ4n) is 2.95. The van der Waals surface area contributed by atoms with E-state index in [4.69, 9.17) is 4.74 Å². The summed E-state index contributed by atoms with van der Waals surface area (Å²) >= 11 is 0. The first kappa shape index (κ1) is 15.3. The van der Waals surface area contributed by atoms with Gasteiger partial charge < -0.3 is 9.84 Å². The minimum absolute atomic E-state index is 0.177. The van der Waals surface area contributed by atoms with Gasteiger partial charge in [0.05, 0.1) is 13.2 Å². The van der Waals surface area contributed by atoms with Crippen LogP contribution in [-0.4, -0.2) is 41.8 Å². The number of aliphatic hydroxyl groups is 1. The summed E-state index contributed by atoms with van der Waals surface area (Å²) in [5.41, 5.74) is 0.950. The van der Waals surface area contributed by atoms with E-state index in [0.717, 1.165) is 24.4 Å². The number of ether oxygens (including phenoxy) is 1. The maximum atomic E-state index is 10.7. The maximum Gasteiger partial charge on any atom is 0.119 e. The smallest absolute Gasteiger partial charge is 0.119 e. The van der Waals surface area contributed by atoms with Gasteiger partial charge in [-0.3, -0.25) is 4.90 Å². The first-order valence-corrected chi connectivity index (χ1v) is 7.60. The zero-order valence-corrected chi connectivity index (χ0v) is 12.9. The van der Waals surface area contributed by atoms with Crippen molar-refractivity contribution in [1.82, 2.24) is 4.90 Å². The summed E-state index contributed by atoms with van der Waals surface area (Å²) in [5.74, 6) is 0.852. The summed E-state index contributed by atoms with van der Waals surface area (Å²) < 4.78 is 5.25. The van der Waals surface area contributed by atoms with Gasteiger partial charge in [-0.25, -0.2) is 0 Å². The molecule has 1 saturated heterocycles. The van der Waals surface area contributed by atoms with Gasteiger partial charge in [0, 0.05) is 12.0 Å². The second kappa shape index (κ2) is 6.59. The molecule has 0 radical (unpaired) electrons. The van der Waals surface area contributed by atoms with Gasteiger partial charge in [0.2, 0.25) is 0 Å². The summed E-state index contributed by atoms with van der Waals surface area (Å²) in [6.45, 7) is 6.51. The van der Waals surface area contributed by atoms with Crippen LogP contribution in [0.25, 0.3) is 0 Å². The molecule has 1 aromatic rings. The van der Waals surface area contributed by atoms with Crippen LogP contribution in [0.3, 0.4) is 0 Å². The van der Waals surface area contributed by atoms with Gasteiger partial charge in [-0.2, -0.15) is 0 Å². The summed E-state index contributed by atoms with van der Waals surface area (Å²) in [7, 11) is 1.67. The van der Waals surface area contributed by atoms with Gasteiger partial charge in [0.25, 0.3) is 0 Å². The highest BCUT2D eigenvalue weighted by atomic mass is 16.5. The predicted octanol–water partition coefficient (Wildman–Crippen LogP) is 2.86. The van der Waals surface area contributed by atoms with Crippen LogP contribution in [0.1, 0.15) is 38.7 Å². The van der Waals surface area contributed by atoms with E-state index in [1.54, 1.807) is 7.11 Å². The van der Waals surface area contributed by atoms with Crippen molar-refractivity contribution in [1.29, 1.82) is 0 Å². The van der Waals surface area contributed by atoms with E-state index >= 15 is 0 Å². The van der Waals surface area contributed by atoms with Gasteiger partial charge in [-0.05, 0) is 57.5 Å². The van der Waals surface area contributed by atoms with Crippen molar-refractivity contribution >= 4 is 0 Å². The summed E-state index contributed by atoms with van der Waals surface area (Å²) in [4.78, 5) is 2.43. The first-order valence-electron chi connectivity index (χ1n) is 7.60. The zero-order valence-electron chi connectivity index (χ0n) is 12.9. The highest BCUT2D eigenvalue weighted by Gasteiger charge is 2.34. The molecule has 0 aromatic heterocycles. The molecule has 1 aliphatic rings. The molecule has 1 heterocycles. The number of nitrogens with zero attached hydrogens (tertiary/aromatic N) is 1. The number of methoxy groups -OCH3 is 1. The van der Waals surface area contributed by atoms with E-state index in [2.05, 4.69) is 24.8 Å². The molecule has 3 nitrogen and oxygen atoms in total. The number of hydrogen-bond donors (Lipinski definition) is 1.